The summed E-state index contributed by atoms with van der Waals surface area (Å²) in [5.74, 6) is -0.207. The van der Waals surface area contributed by atoms with E-state index in [1.54, 1.807) is 17.2 Å². The van der Waals surface area contributed by atoms with Crippen LogP contribution < -0.4 is 5.32 Å². The van der Waals surface area contributed by atoms with E-state index in [-0.39, 0.29) is 11.8 Å². The van der Waals surface area contributed by atoms with E-state index in [1.807, 2.05) is 60.7 Å². The molecule has 1 unspecified atom stereocenters. The highest BCUT2D eigenvalue weighted by atomic mass is 16.1. The molecule has 0 saturated carbocycles. The Hall–Kier alpha value is -4.13. The van der Waals surface area contributed by atoms with Crippen LogP contribution in [0, 0.1) is 0 Å². The van der Waals surface area contributed by atoms with Crippen molar-refractivity contribution in [3.8, 4) is 5.69 Å². The molecule has 144 valence electrons. The Bertz CT molecular complexity index is 1420. The normalized spacial score (nSPS) is 15.9. The number of anilines is 1. The number of nitrogens with one attached hydrogen (secondary N) is 1. The van der Waals surface area contributed by atoms with Crippen molar-refractivity contribution < 1.29 is 4.79 Å². The smallest absolute Gasteiger partial charge is 0.225 e. The summed E-state index contributed by atoms with van der Waals surface area (Å²) in [6.07, 6.45) is 3.68. The Morgan fingerprint density at radius 2 is 1.70 bits per heavy atom. The van der Waals surface area contributed by atoms with Crippen molar-refractivity contribution >= 4 is 33.7 Å². The van der Waals surface area contributed by atoms with Crippen LogP contribution in [0.15, 0.2) is 73.1 Å². The molecule has 0 aliphatic carbocycles. The number of fused-ring (bicyclic) bond motifs is 4. The van der Waals surface area contributed by atoms with Crippen LogP contribution in [0.25, 0.3) is 27.8 Å². The molecule has 1 aliphatic rings. The predicted molar refractivity (Wildman–Crippen MR) is 113 cm³/mol. The summed E-state index contributed by atoms with van der Waals surface area (Å²) in [7, 11) is 0. The first-order valence-electron chi connectivity index (χ1n) is 9.73. The number of carbonyl (C=O) groups is 1. The van der Waals surface area contributed by atoms with E-state index >= 15 is 0 Å². The Morgan fingerprint density at radius 3 is 2.60 bits per heavy atom. The van der Waals surface area contributed by atoms with Crippen LogP contribution in [0.1, 0.15) is 23.5 Å². The van der Waals surface area contributed by atoms with Crippen molar-refractivity contribution in [3.63, 3.8) is 0 Å². The fourth-order valence-electron chi connectivity index (χ4n) is 4.19. The maximum absolute atomic E-state index is 12.5. The summed E-state index contributed by atoms with van der Waals surface area (Å²) in [5.41, 5.74) is 6.76. The molecule has 5 aromatic rings. The van der Waals surface area contributed by atoms with E-state index in [2.05, 4.69) is 20.4 Å². The number of aromatic nitrogens is 5. The molecule has 0 saturated heterocycles. The van der Waals surface area contributed by atoms with Crippen molar-refractivity contribution in [2.24, 2.45) is 0 Å². The Labute approximate surface area is 171 Å². The molecule has 1 N–H and O–H groups in total. The number of carbonyl (C=O) groups excluding carboxylic acids is 1. The molecule has 0 fully saturated rings. The molecule has 1 amide bonds. The van der Waals surface area contributed by atoms with Crippen molar-refractivity contribution in [1.29, 1.82) is 0 Å². The van der Waals surface area contributed by atoms with Crippen molar-refractivity contribution in [2.75, 3.05) is 5.32 Å². The summed E-state index contributed by atoms with van der Waals surface area (Å²) in [6.45, 7) is 0. The summed E-state index contributed by atoms with van der Waals surface area (Å²) >= 11 is 0. The molecule has 0 spiro atoms. The highest BCUT2D eigenvalue weighted by Gasteiger charge is 2.31. The summed E-state index contributed by atoms with van der Waals surface area (Å²) in [6, 6.07) is 19.5. The van der Waals surface area contributed by atoms with Gasteiger partial charge in [-0.05, 0) is 35.9 Å². The third kappa shape index (κ3) is 2.56. The molecular weight excluding hydrogens is 376 g/mol. The maximum Gasteiger partial charge on any atom is 0.225 e. The summed E-state index contributed by atoms with van der Waals surface area (Å²) in [4.78, 5) is 23.1. The summed E-state index contributed by atoms with van der Waals surface area (Å²) < 4.78 is 0. The van der Waals surface area contributed by atoms with Crippen LogP contribution in [0.4, 0.5) is 5.69 Å². The molecule has 3 heterocycles. The fourth-order valence-corrected chi connectivity index (χ4v) is 4.19. The zero-order chi connectivity index (χ0) is 20.1. The lowest BCUT2D eigenvalue weighted by Crippen LogP contribution is -2.24. The van der Waals surface area contributed by atoms with Gasteiger partial charge in [0, 0.05) is 36.0 Å². The van der Waals surface area contributed by atoms with Gasteiger partial charge in [0.25, 0.3) is 0 Å². The maximum atomic E-state index is 12.5. The van der Waals surface area contributed by atoms with Gasteiger partial charge in [-0.25, -0.2) is 0 Å². The largest absolute Gasteiger partial charge is 0.326 e. The first kappa shape index (κ1) is 16.8. The Morgan fingerprint density at radius 1 is 0.833 bits per heavy atom. The van der Waals surface area contributed by atoms with Gasteiger partial charge in [0.15, 0.2) is 0 Å². The number of hydrogen-bond acceptors (Lipinski definition) is 5. The second kappa shape index (κ2) is 6.45. The van der Waals surface area contributed by atoms with E-state index < -0.39 is 0 Å². The third-order valence-electron chi connectivity index (χ3n) is 5.50. The average Bonchev–Trinajstić information content (AvgIpc) is 3.23. The molecule has 6 rings (SSSR count). The van der Waals surface area contributed by atoms with Crippen LogP contribution in [-0.4, -0.2) is 30.9 Å². The average molecular weight is 392 g/mol. The van der Waals surface area contributed by atoms with Gasteiger partial charge in [-0.15, -0.1) is 10.2 Å². The zero-order valence-electron chi connectivity index (χ0n) is 15.9. The minimum atomic E-state index is -0.182. The number of rotatable bonds is 2. The third-order valence-corrected chi connectivity index (χ3v) is 5.50. The van der Waals surface area contributed by atoms with Crippen LogP contribution >= 0.6 is 0 Å². The standard InChI is InChI=1S/C23H16N6O/c30-20-13-16(15-7-4-8-18-22(15)25-12-11-24-18)21-17(26-20)9-10-19-23(21)28-29(27-19)14-5-2-1-3-6-14/h1-12,16H,13H2,(H,26,30). The monoisotopic (exact) mass is 392 g/mol. The number of hydrogen-bond donors (Lipinski definition) is 1. The van der Waals surface area contributed by atoms with Crippen molar-refractivity contribution in [2.45, 2.75) is 12.3 Å². The van der Waals surface area contributed by atoms with E-state index in [1.165, 1.54) is 0 Å². The molecule has 7 heteroatoms. The molecule has 0 radical (unpaired) electrons. The van der Waals surface area contributed by atoms with Gasteiger partial charge in [-0.2, -0.15) is 4.80 Å². The molecule has 3 aromatic carbocycles. The first-order chi connectivity index (χ1) is 14.8. The van der Waals surface area contributed by atoms with Gasteiger partial charge in [0.05, 0.1) is 16.7 Å². The minimum absolute atomic E-state index is 0.0248. The lowest BCUT2D eigenvalue weighted by atomic mass is 9.83. The predicted octanol–water partition coefficient (Wildman–Crippen LogP) is 3.84. The molecular formula is C23H16N6O. The lowest BCUT2D eigenvalue weighted by molar-refractivity contribution is -0.116. The zero-order valence-corrected chi connectivity index (χ0v) is 15.9. The topological polar surface area (TPSA) is 85.6 Å². The highest BCUT2D eigenvalue weighted by Crippen LogP contribution is 2.42. The van der Waals surface area contributed by atoms with E-state index in [0.29, 0.717) is 6.42 Å². The second-order valence-corrected chi connectivity index (χ2v) is 7.30. The van der Waals surface area contributed by atoms with E-state index in [9.17, 15) is 4.79 Å². The first-order valence-corrected chi connectivity index (χ1v) is 9.73. The van der Waals surface area contributed by atoms with Crippen LogP contribution in [0.5, 0.6) is 0 Å². The lowest BCUT2D eigenvalue weighted by Gasteiger charge is -2.26. The van der Waals surface area contributed by atoms with Gasteiger partial charge in [-0.1, -0.05) is 30.3 Å². The van der Waals surface area contributed by atoms with Gasteiger partial charge >= 0.3 is 0 Å². The second-order valence-electron chi connectivity index (χ2n) is 7.30. The van der Waals surface area contributed by atoms with Gasteiger partial charge in [-0.3, -0.25) is 14.8 Å². The number of para-hydroxylation sites is 2. The molecule has 7 nitrogen and oxygen atoms in total. The van der Waals surface area contributed by atoms with Crippen LogP contribution in [0.3, 0.4) is 0 Å². The van der Waals surface area contributed by atoms with Gasteiger partial charge in [0.1, 0.15) is 11.0 Å². The van der Waals surface area contributed by atoms with Gasteiger partial charge in [0.2, 0.25) is 5.91 Å². The SMILES string of the molecule is O=C1CC(c2cccc3nccnc23)c2c(ccc3nn(-c4ccccc4)nc23)N1. The highest BCUT2D eigenvalue weighted by molar-refractivity contribution is 6.00. The van der Waals surface area contributed by atoms with Crippen LogP contribution in [-0.2, 0) is 4.79 Å². The number of amides is 1. The van der Waals surface area contributed by atoms with Crippen molar-refractivity contribution in [3.05, 3.63) is 84.2 Å². The van der Waals surface area contributed by atoms with E-state index in [0.717, 1.165) is 44.6 Å². The Kier molecular flexibility index (Phi) is 3.61. The summed E-state index contributed by atoms with van der Waals surface area (Å²) in [5, 5.41) is 12.5. The van der Waals surface area contributed by atoms with Crippen LogP contribution in [0.2, 0.25) is 0 Å². The molecule has 30 heavy (non-hydrogen) atoms. The van der Waals surface area contributed by atoms with E-state index in [4.69, 9.17) is 5.10 Å². The number of benzene rings is 3. The number of nitrogens with zero attached hydrogens (tertiary/aromatic N) is 5. The molecule has 0 bridgehead atoms. The minimum Gasteiger partial charge on any atom is -0.326 e. The van der Waals surface area contributed by atoms with Gasteiger partial charge < -0.3 is 5.32 Å². The molecule has 1 atom stereocenters. The van der Waals surface area contributed by atoms with Crippen molar-refractivity contribution in [1.82, 2.24) is 25.0 Å². The Balaban J connectivity index is 1.61. The molecule has 2 aromatic heterocycles. The molecule has 1 aliphatic heterocycles. The quantitative estimate of drug-likeness (QED) is 0.493. The fraction of sp³-hybridized carbons (Fsp3) is 0.0870.